The third kappa shape index (κ3) is 6.37. The van der Waals surface area contributed by atoms with Crippen molar-refractivity contribution in [1.29, 1.82) is 5.26 Å². The SMILES string of the molecule is Cc1c(-c2cccc(S(=O)(=O)N(C)C)c2)c2cc(C#N)ccc2n1C/C(F)=C/CNC(=O)OC(C)(C)C. The quantitative estimate of drug-likeness (QED) is 0.460. The van der Waals surface area contributed by atoms with E-state index in [1.165, 1.54) is 26.2 Å². The molecule has 8 nitrogen and oxygen atoms in total. The number of ether oxygens (including phenoxy) is 1. The van der Waals surface area contributed by atoms with Crippen LogP contribution in [0.4, 0.5) is 9.18 Å². The van der Waals surface area contributed by atoms with Crippen molar-refractivity contribution < 1.29 is 22.3 Å². The number of rotatable bonds is 7. The zero-order valence-electron chi connectivity index (χ0n) is 21.8. The first kappa shape index (κ1) is 27.9. The molecule has 196 valence electrons. The highest BCUT2D eigenvalue weighted by Crippen LogP contribution is 2.36. The summed E-state index contributed by atoms with van der Waals surface area (Å²) in [6, 6.07) is 13.8. The Morgan fingerprint density at radius 1 is 1.22 bits per heavy atom. The van der Waals surface area contributed by atoms with Crippen LogP contribution in [0.2, 0.25) is 0 Å². The summed E-state index contributed by atoms with van der Waals surface area (Å²) in [7, 11) is -0.740. The molecule has 3 aromatic rings. The minimum Gasteiger partial charge on any atom is -0.444 e. The highest BCUT2D eigenvalue weighted by Gasteiger charge is 2.21. The topological polar surface area (TPSA) is 104 Å². The van der Waals surface area contributed by atoms with E-state index in [1.54, 1.807) is 61.7 Å². The van der Waals surface area contributed by atoms with E-state index in [1.807, 2.05) is 6.92 Å². The summed E-state index contributed by atoms with van der Waals surface area (Å²) >= 11 is 0. The minimum atomic E-state index is -3.67. The lowest BCUT2D eigenvalue weighted by Crippen LogP contribution is -2.32. The number of hydrogen-bond donors (Lipinski definition) is 1. The fourth-order valence-corrected chi connectivity index (χ4v) is 4.87. The van der Waals surface area contributed by atoms with Gasteiger partial charge in [0.05, 0.1) is 23.1 Å². The second kappa shape index (κ2) is 10.7. The molecule has 1 aromatic heterocycles. The zero-order chi connectivity index (χ0) is 27.5. The van der Waals surface area contributed by atoms with E-state index in [-0.39, 0.29) is 18.0 Å². The van der Waals surface area contributed by atoms with E-state index in [0.29, 0.717) is 33.3 Å². The van der Waals surface area contributed by atoms with Crippen molar-refractivity contribution in [2.45, 2.75) is 44.7 Å². The second-order valence-electron chi connectivity index (χ2n) is 9.74. The van der Waals surface area contributed by atoms with E-state index in [9.17, 15) is 22.9 Å². The highest BCUT2D eigenvalue weighted by atomic mass is 32.2. The van der Waals surface area contributed by atoms with Crippen LogP contribution in [0.15, 0.2) is 59.3 Å². The number of allylic oxidation sites excluding steroid dienone is 1. The number of nitrogens with zero attached hydrogens (tertiary/aromatic N) is 3. The molecule has 0 unspecified atom stereocenters. The summed E-state index contributed by atoms with van der Waals surface area (Å²) in [5.74, 6) is -0.476. The Morgan fingerprint density at radius 3 is 2.54 bits per heavy atom. The summed E-state index contributed by atoms with van der Waals surface area (Å²) < 4.78 is 48.5. The third-order valence-electron chi connectivity index (χ3n) is 5.63. The molecule has 37 heavy (non-hydrogen) atoms. The van der Waals surface area contributed by atoms with Gasteiger partial charge in [0.15, 0.2) is 0 Å². The summed E-state index contributed by atoms with van der Waals surface area (Å²) in [5.41, 5.74) is 2.51. The van der Waals surface area contributed by atoms with Crippen LogP contribution >= 0.6 is 0 Å². The molecule has 0 atom stereocenters. The van der Waals surface area contributed by atoms with Crippen molar-refractivity contribution in [2.75, 3.05) is 20.6 Å². The molecule has 1 amide bonds. The molecule has 3 rings (SSSR count). The molecule has 0 bridgehead atoms. The van der Waals surface area contributed by atoms with Crippen LogP contribution in [0.3, 0.4) is 0 Å². The van der Waals surface area contributed by atoms with Gasteiger partial charge in [-0.15, -0.1) is 0 Å². The number of halogens is 1. The molecule has 0 aliphatic carbocycles. The van der Waals surface area contributed by atoms with Gasteiger partial charge >= 0.3 is 6.09 Å². The summed E-state index contributed by atoms with van der Waals surface area (Å²) in [5, 5.41) is 12.7. The fraction of sp³-hybridized carbons (Fsp3) is 0.333. The van der Waals surface area contributed by atoms with Crippen LogP contribution in [0, 0.1) is 18.3 Å². The van der Waals surface area contributed by atoms with Crippen LogP contribution in [0.25, 0.3) is 22.0 Å². The van der Waals surface area contributed by atoms with Crippen molar-refractivity contribution in [3.63, 3.8) is 0 Å². The van der Waals surface area contributed by atoms with Gasteiger partial charge in [-0.05, 0) is 69.7 Å². The van der Waals surface area contributed by atoms with Gasteiger partial charge in [0, 0.05) is 42.8 Å². The molecule has 0 radical (unpaired) electrons. The number of carbonyl (C=O) groups is 1. The zero-order valence-corrected chi connectivity index (χ0v) is 22.6. The molecule has 0 aliphatic rings. The Kier molecular flexibility index (Phi) is 8.10. The molecule has 0 saturated carbocycles. The van der Waals surface area contributed by atoms with E-state index >= 15 is 0 Å². The largest absolute Gasteiger partial charge is 0.444 e. The third-order valence-corrected chi connectivity index (χ3v) is 7.44. The van der Waals surface area contributed by atoms with Crippen LogP contribution in [0.5, 0.6) is 0 Å². The van der Waals surface area contributed by atoms with Crippen LogP contribution in [0.1, 0.15) is 32.0 Å². The Bertz CT molecular complexity index is 1510. The Morgan fingerprint density at radius 2 is 1.92 bits per heavy atom. The lowest BCUT2D eigenvalue weighted by molar-refractivity contribution is 0.0534. The monoisotopic (exact) mass is 526 g/mol. The van der Waals surface area contributed by atoms with Crippen LogP contribution in [-0.2, 0) is 21.3 Å². The first-order valence-electron chi connectivity index (χ1n) is 11.6. The van der Waals surface area contributed by atoms with E-state index in [2.05, 4.69) is 11.4 Å². The number of nitrogens with one attached hydrogen (secondary N) is 1. The maximum absolute atomic E-state index is 15.0. The maximum Gasteiger partial charge on any atom is 0.407 e. The van der Waals surface area contributed by atoms with Crippen LogP contribution in [-0.4, -0.2) is 49.6 Å². The van der Waals surface area contributed by atoms with Crippen molar-refractivity contribution in [2.24, 2.45) is 0 Å². The van der Waals surface area contributed by atoms with Crippen molar-refractivity contribution in [3.05, 3.63) is 65.6 Å². The minimum absolute atomic E-state index is 0.0468. The smallest absolute Gasteiger partial charge is 0.407 e. The Balaban J connectivity index is 2.02. The molecule has 2 aromatic carbocycles. The van der Waals surface area contributed by atoms with Gasteiger partial charge in [0.1, 0.15) is 11.4 Å². The van der Waals surface area contributed by atoms with Gasteiger partial charge in [0.2, 0.25) is 10.0 Å². The average Bonchev–Trinajstić information content (AvgIpc) is 3.08. The van der Waals surface area contributed by atoms with Gasteiger partial charge < -0.3 is 14.6 Å². The first-order valence-corrected chi connectivity index (χ1v) is 13.1. The average molecular weight is 527 g/mol. The Labute approximate surface area is 217 Å². The number of benzene rings is 2. The first-order chi connectivity index (χ1) is 17.2. The number of aromatic nitrogens is 1. The number of fused-ring (bicyclic) bond motifs is 1. The molecule has 1 N–H and O–H groups in total. The van der Waals surface area contributed by atoms with Crippen molar-refractivity contribution in [3.8, 4) is 17.2 Å². The molecule has 0 spiro atoms. The Hall–Kier alpha value is -3.68. The number of sulfonamides is 1. The number of hydrogen-bond acceptors (Lipinski definition) is 5. The molecular formula is C27H31FN4O4S. The molecular weight excluding hydrogens is 495 g/mol. The van der Waals surface area contributed by atoms with E-state index < -0.39 is 27.5 Å². The van der Waals surface area contributed by atoms with Crippen molar-refractivity contribution in [1.82, 2.24) is 14.2 Å². The summed E-state index contributed by atoms with van der Waals surface area (Å²) in [4.78, 5) is 12.0. The summed E-state index contributed by atoms with van der Waals surface area (Å²) in [6.45, 7) is 6.88. The molecule has 0 fully saturated rings. The predicted molar refractivity (Wildman–Crippen MR) is 141 cm³/mol. The van der Waals surface area contributed by atoms with Crippen LogP contribution < -0.4 is 5.32 Å². The van der Waals surface area contributed by atoms with Gasteiger partial charge in [0.25, 0.3) is 0 Å². The molecule has 1 heterocycles. The summed E-state index contributed by atoms with van der Waals surface area (Å²) in [6.07, 6.45) is 0.626. The molecule has 0 aliphatic heterocycles. The number of nitriles is 1. The number of alkyl carbamates (subject to hydrolysis) is 1. The van der Waals surface area contributed by atoms with E-state index in [4.69, 9.17) is 4.74 Å². The van der Waals surface area contributed by atoms with Gasteiger partial charge in [-0.2, -0.15) is 5.26 Å². The maximum atomic E-state index is 15.0. The highest BCUT2D eigenvalue weighted by molar-refractivity contribution is 7.89. The normalized spacial score (nSPS) is 12.6. The molecule has 0 saturated heterocycles. The van der Waals surface area contributed by atoms with Crippen molar-refractivity contribution >= 4 is 27.0 Å². The fourth-order valence-electron chi connectivity index (χ4n) is 3.92. The van der Waals surface area contributed by atoms with Gasteiger partial charge in [-0.25, -0.2) is 21.9 Å². The lowest BCUT2D eigenvalue weighted by atomic mass is 10.0. The second-order valence-corrected chi connectivity index (χ2v) is 11.9. The number of amides is 1. The van der Waals surface area contributed by atoms with E-state index in [0.717, 1.165) is 4.31 Å². The standard InChI is InChI=1S/C27H31FN4O4S/c1-18-25(20-8-7-9-22(15-20)37(34,35)31(5)6)23-14-19(16-29)10-11-24(23)32(18)17-21(28)12-13-30-26(33)36-27(2,3)4/h7-12,14-15H,13,17H2,1-6H3,(H,30,33)/b21-12-. The predicted octanol–water partition coefficient (Wildman–Crippen LogP) is 5.12. The van der Waals surface area contributed by atoms with Gasteiger partial charge in [-0.1, -0.05) is 12.1 Å². The lowest BCUT2D eigenvalue weighted by Gasteiger charge is -2.19. The molecule has 10 heteroatoms. The number of carbonyl (C=O) groups excluding carboxylic acids is 1. The van der Waals surface area contributed by atoms with Gasteiger partial charge in [-0.3, -0.25) is 0 Å².